The van der Waals surface area contributed by atoms with Crippen LogP contribution in [0.4, 0.5) is 0 Å². The second-order valence-electron chi connectivity index (χ2n) is 4.11. The summed E-state index contributed by atoms with van der Waals surface area (Å²) in [5.41, 5.74) is -0.314. The van der Waals surface area contributed by atoms with Gasteiger partial charge in [-0.3, -0.25) is 0 Å². The summed E-state index contributed by atoms with van der Waals surface area (Å²) in [5.74, 6) is -1.02. The molecule has 0 aliphatic heterocycles. The van der Waals surface area contributed by atoms with Crippen molar-refractivity contribution >= 4 is 5.97 Å². The topological polar surface area (TPSA) is 110 Å². The molecular formula is C12H17NO5. The van der Waals surface area contributed by atoms with Crippen molar-refractivity contribution in [3.05, 3.63) is 35.4 Å². The number of rotatable bonds is 7. The lowest BCUT2D eigenvalue weighted by atomic mass is 10.0. The van der Waals surface area contributed by atoms with E-state index in [2.05, 4.69) is 5.32 Å². The van der Waals surface area contributed by atoms with Crippen molar-refractivity contribution in [1.82, 2.24) is 5.32 Å². The fourth-order valence-corrected chi connectivity index (χ4v) is 1.42. The highest BCUT2D eigenvalue weighted by Crippen LogP contribution is 2.08. The predicted molar refractivity (Wildman–Crippen MR) is 64.2 cm³/mol. The molecule has 0 heterocycles. The Bertz CT molecular complexity index is 395. The van der Waals surface area contributed by atoms with Crippen molar-refractivity contribution in [1.29, 1.82) is 0 Å². The number of aliphatic hydroxyl groups is 3. The van der Waals surface area contributed by atoms with E-state index in [4.69, 9.17) is 20.4 Å². The summed E-state index contributed by atoms with van der Waals surface area (Å²) in [4.78, 5) is 10.8. The van der Waals surface area contributed by atoms with Gasteiger partial charge in [-0.15, -0.1) is 0 Å². The molecule has 6 nitrogen and oxygen atoms in total. The van der Waals surface area contributed by atoms with Gasteiger partial charge in [0.1, 0.15) is 0 Å². The van der Waals surface area contributed by atoms with Gasteiger partial charge in [0.2, 0.25) is 0 Å². The molecule has 0 saturated heterocycles. The first kappa shape index (κ1) is 14.6. The number of hydrogen-bond donors (Lipinski definition) is 5. The van der Waals surface area contributed by atoms with E-state index in [0.717, 1.165) is 0 Å². The number of nitrogens with one attached hydrogen (secondary N) is 1. The highest BCUT2D eigenvalue weighted by molar-refractivity contribution is 5.87. The minimum absolute atomic E-state index is 0.164. The number of aromatic carboxylic acids is 1. The van der Waals surface area contributed by atoms with E-state index < -0.39 is 31.3 Å². The van der Waals surface area contributed by atoms with Crippen LogP contribution < -0.4 is 5.32 Å². The molecule has 0 aliphatic carbocycles. The van der Waals surface area contributed by atoms with Gasteiger partial charge in [0, 0.05) is 6.54 Å². The van der Waals surface area contributed by atoms with Gasteiger partial charge in [-0.1, -0.05) is 12.1 Å². The van der Waals surface area contributed by atoms with E-state index in [9.17, 15) is 4.79 Å². The summed E-state index contributed by atoms with van der Waals surface area (Å²) >= 11 is 0. The van der Waals surface area contributed by atoms with Crippen molar-refractivity contribution in [2.45, 2.75) is 12.1 Å². The lowest BCUT2D eigenvalue weighted by Gasteiger charge is -2.28. The Balaban J connectivity index is 2.73. The van der Waals surface area contributed by atoms with Gasteiger partial charge >= 0.3 is 5.97 Å². The molecule has 0 radical (unpaired) electrons. The molecule has 1 aromatic carbocycles. The summed E-state index contributed by atoms with van der Waals surface area (Å²) < 4.78 is 0. The van der Waals surface area contributed by atoms with Crippen LogP contribution in [0.15, 0.2) is 24.3 Å². The summed E-state index contributed by atoms with van der Waals surface area (Å²) in [6.45, 7) is -1.02. The standard InChI is InChI=1S/C12H17NO5/c14-6-12(7-15,8-16)13-5-9-2-1-3-10(4-9)11(17)18/h1-4,13-16H,5-8H2,(H,17,18). The minimum Gasteiger partial charge on any atom is -0.478 e. The maximum Gasteiger partial charge on any atom is 0.335 e. The second kappa shape index (κ2) is 6.46. The van der Waals surface area contributed by atoms with E-state index >= 15 is 0 Å². The van der Waals surface area contributed by atoms with Crippen LogP contribution in [-0.2, 0) is 6.54 Å². The number of benzene rings is 1. The molecule has 0 fully saturated rings. The summed E-state index contributed by atoms with van der Waals surface area (Å²) in [7, 11) is 0. The van der Waals surface area contributed by atoms with Crippen molar-refractivity contribution in [3.63, 3.8) is 0 Å². The van der Waals surface area contributed by atoms with Gasteiger partial charge in [0.15, 0.2) is 0 Å². The Labute approximate surface area is 105 Å². The average molecular weight is 255 g/mol. The van der Waals surface area contributed by atoms with Crippen LogP contribution in [0.3, 0.4) is 0 Å². The summed E-state index contributed by atoms with van der Waals surface area (Å²) in [6.07, 6.45) is 0. The van der Waals surface area contributed by atoms with Crippen molar-refractivity contribution in [2.24, 2.45) is 0 Å². The van der Waals surface area contributed by atoms with Crippen molar-refractivity contribution in [2.75, 3.05) is 19.8 Å². The third kappa shape index (κ3) is 3.51. The fraction of sp³-hybridized carbons (Fsp3) is 0.417. The zero-order valence-corrected chi connectivity index (χ0v) is 9.83. The first-order valence-corrected chi connectivity index (χ1v) is 5.47. The molecule has 5 N–H and O–H groups in total. The lowest BCUT2D eigenvalue weighted by molar-refractivity contribution is 0.0413. The molecule has 18 heavy (non-hydrogen) atoms. The Morgan fingerprint density at radius 2 is 1.78 bits per heavy atom. The molecule has 1 aromatic rings. The zero-order chi connectivity index (χ0) is 13.6. The van der Waals surface area contributed by atoms with Crippen molar-refractivity contribution in [3.8, 4) is 0 Å². The van der Waals surface area contributed by atoms with E-state index in [1.165, 1.54) is 12.1 Å². The van der Waals surface area contributed by atoms with E-state index in [-0.39, 0.29) is 12.1 Å². The first-order valence-electron chi connectivity index (χ1n) is 5.47. The molecule has 0 amide bonds. The van der Waals surface area contributed by atoms with E-state index in [1.54, 1.807) is 12.1 Å². The highest BCUT2D eigenvalue weighted by atomic mass is 16.4. The van der Waals surface area contributed by atoms with Gasteiger partial charge in [-0.2, -0.15) is 0 Å². The van der Waals surface area contributed by atoms with Crippen LogP contribution in [0.2, 0.25) is 0 Å². The predicted octanol–water partition coefficient (Wildman–Crippen LogP) is -0.810. The van der Waals surface area contributed by atoms with Gasteiger partial charge in [0.05, 0.1) is 30.9 Å². The van der Waals surface area contributed by atoms with Crippen LogP contribution in [0, 0.1) is 0 Å². The van der Waals surface area contributed by atoms with Crippen LogP contribution in [0.25, 0.3) is 0 Å². The summed E-state index contributed by atoms with van der Waals surface area (Å²) in [6, 6.07) is 6.30. The quantitative estimate of drug-likeness (QED) is 0.436. The molecule has 0 spiro atoms. The zero-order valence-electron chi connectivity index (χ0n) is 9.83. The molecule has 0 bridgehead atoms. The highest BCUT2D eigenvalue weighted by Gasteiger charge is 2.27. The first-order chi connectivity index (χ1) is 8.56. The minimum atomic E-state index is -1.17. The van der Waals surface area contributed by atoms with Crippen LogP contribution in [0.5, 0.6) is 0 Å². The van der Waals surface area contributed by atoms with Crippen LogP contribution in [0.1, 0.15) is 15.9 Å². The van der Waals surface area contributed by atoms with Gasteiger partial charge in [-0.05, 0) is 17.7 Å². The van der Waals surface area contributed by atoms with E-state index in [1.807, 2.05) is 0 Å². The normalized spacial score (nSPS) is 11.5. The molecule has 0 unspecified atom stereocenters. The van der Waals surface area contributed by atoms with Crippen LogP contribution in [-0.4, -0.2) is 51.8 Å². The largest absolute Gasteiger partial charge is 0.478 e. The number of hydrogen-bond acceptors (Lipinski definition) is 5. The Morgan fingerprint density at radius 3 is 2.28 bits per heavy atom. The number of aliphatic hydroxyl groups excluding tert-OH is 3. The number of carboxylic acid groups (broad SMARTS) is 1. The fourth-order valence-electron chi connectivity index (χ4n) is 1.42. The average Bonchev–Trinajstić information content (AvgIpc) is 2.41. The Kier molecular flexibility index (Phi) is 5.24. The smallest absolute Gasteiger partial charge is 0.335 e. The Hall–Kier alpha value is -1.47. The molecule has 1 rings (SSSR count). The summed E-state index contributed by atoms with van der Waals surface area (Å²) in [5, 5.41) is 39.0. The molecule has 0 aliphatic rings. The molecule has 0 saturated carbocycles. The third-order valence-electron chi connectivity index (χ3n) is 2.75. The maximum absolute atomic E-state index is 10.8. The van der Waals surface area contributed by atoms with Gasteiger partial charge in [0.25, 0.3) is 0 Å². The number of carboxylic acids is 1. The molecule has 100 valence electrons. The van der Waals surface area contributed by atoms with Gasteiger partial charge in [-0.25, -0.2) is 4.79 Å². The molecule has 0 atom stereocenters. The monoisotopic (exact) mass is 255 g/mol. The van der Waals surface area contributed by atoms with E-state index in [0.29, 0.717) is 5.56 Å². The molecular weight excluding hydrogens is 238 g/mol. The molecule has 6 heteroatoms. The van der Waals surface area contributed by atoms with Crippen molar-refractivity contribution < 1.29 is 25.2 Å². The third-order valence-corrected chi connectivity index (χ3v) is 2.75. The SMILES string of the molecule is O=C(O)c1cccc(CNC(CO)(CO)CO)c1. The number of carbonyl (C=O) groups is 1. The maximum atomic E-state index is 10.8. The second-order valence-corrected chi connectivity index (χ2v) is 4.11. The van der Waals surface area contributed by atoms with Crippen LogP contribution >= 0.6 is 0 Å². The van der Waals surface area contributed by atoms with Gasteiger partial charge < -0.3 is 25.7 Å². The lowest BCUT2D eigenvalue weighted by Crippen LogP contribution is -2.54. The Morgan fingerprint density at radius 1 is 1.17 bits per heavy atom. The molecule has 0 aromatic heterocycles.